The summed E-state index contributed by atoms with van der Waals surface area (Å²) in [6.45, 7) is 3.52. The van der Waals surface area contributed by atoms with Crippen molar-refractivity contribution in [1.82, 2.24) is 10.2 Å². The Morgan fingerprint density at radius 2 is 2.12 bits per heavy atom. The van der Waals surface area contributed by atoms with Crippen LogP contribution in [0.1, 0.15) is 45.4 Å². The fourth-order valence-electron chi connectivity index (χ4n) is 3.02. The van der Waals surface area contributed by atoms with Gasteiger partial charge in [0.2, 0.25) is 5.91 Å². The Kier molecular flexibility index (Phi) is 4.15. The Morgan fingerprint density at radius 3 is 2.88 bits per heavy atom. The molecule has 1 aliphatic carbocycles. The third-order valence-electron chi connectivity index (χ3n) is 3.93. The summed E-state index contributed by atoms with van der Waals surface area (Å²) >= 11 is 0. The van der Waals surface area contributed by atoms with Gasteiger partial charge in [0.1, 0.15) is 5.78 Å². The van der Waals surface area contributed by atoms with Crippen molar-refractivity contribution in [2.45, 2.75) is 57.5 Å². The number of carbonyl (C=O) groups is 2. The standard InChI is InChI=1S/C13H22N2O2/c1-2-10-13(17)14-8-9-15(10)11-6-4-3-5-7-12(11)16/h10-11H,2-9H2,1H3,(H,14,17). The number of nitrogens with zero attached hydrogens (tertiary/aromatic N) is 1. The van der Waals surface area contributed by atoms with Crippen LogP contribution >= 0.6 is 0 Å². The highest BCUT2D eigenvalue weighted by Crippen LogP contribution is 2.23. The van der Waals surface area contributed by atoms with E-state index in [4.69, 9.17) is 0 Å². The molecule has 2 atom stereocenters. The zero-order valence-electron chi connectivity index (χ0n) is 10.6. The number of hydrogen-bond donors (Lipinski definition) is 1. The zero-order valence-corrected chi connectivity index (χ0v) is 10.6. The minimum absolute atomic E-state index is 0.00602. The summed E-state index contributed by atoms with van der Waals surface area (Å²) in [5.41, 5.74) is 0. The second-order valence-electron chi connectivity index (χ2n) is 5.03. The molecule has 0 aromatic rings. The summed E-state index contributed by atoms with van der Waals surface area (Å²) < 4.78 is 0. The van der Waals surface area contributed by atoms with Gasteiger partial charge in [-0.15, -0.1) is 0 Å². The Labute approximate surface area is 103 Å². The van der Waals surface area contributed by atoms with Crippen molar-refractivity contribution in [2.24, 2.45) is 0 Å². The van der Waals surface area contributed by atoms with Gasteiger partial charge in [-0.3, -0.25) is 14.5 Å². The number of carbonyl (C=O) groups excluding carboxylic acids is 2. The van der Waals surface area contributed by atoms with Gasteiger partial charge >= 0.3 is 0 Å². The molecule has 1 saturated heterocycles. The van der Waals surface area contributed by atoms with Crippen molar-refractivity contribution in [1.29, 1.82) is 0 Å². The quantitative estimate of drug-likeness (QED) is 0.733. The summed E-state index contributed by atoms with van der Waals surface area (Å²) in [4.78, 5) is 26.1. The molecule has 2 rings (SSSR count). The van der Waals surface area contributed by atoms with Gasteiger partial charge in [-0.1, -0.05) is 19.8 Å². The van der Waals surface area contributed by atoms with Crippen molar-refractivity contribution in [3.63, 3.8) is 0 Å². The highest BCUT2D eigenvalue weighted by atomic mass is 16.2. The Balaban J connectivity index is 2.12. The maximum absolute atomic E-state index is 12.1. The van der Waals surface area contributed by atoms with Gasteiger partial charge in [0.05, 0.1) is 12.1 Å². The molecule has 96 valence electrons. The van der Waals surface area contributed by atoms with Crippen molar-refractivity contribution >= 4 is 11.7 Å². The monoisotopic (exact) mass is 238 g/mol. The van der Waals surface area contributed by atoms with E-state index in [1.807, 2.05) is 6.92 Å². The van der Waals surface area contributed by atoms with E-state index in [0.29, 0.717) is 18.7 Å². The minimum Gasteiger partial charge on any atom is -0.353 e. The lowest BCUT2D eigenvalue weighted by Crippen LogP contribution is -2.59. The molecule has 0 aromatic carbocycles. The van der Waals surface area contributed by atoms with Crippen molar-refractivity contribution in [3.05, 3.63) is 0 Å². The summed E-state index contributed by atoms with van der Waals surface area (Å²) in [6, 6.07) is -0.107. The van der Waals surface area contributed by atoms with Crippen LogP contribution in [0.3, 0.4) is 0 Å². The molecule has 2 fully saturated rings. The van der Waals surface area contributed by atoms with Crippen LogP contribution in [0.5, 0.6) is 0 Å². The first-order valence-corrected chi connectivity index (χ1v) is 6.80. The van der Waals surface area contributed by atoms with E-state index in [0.717, 1.165) is 38.6 Å². The van der Waals surface area contributed by atoms with Crippen LogP contribution in [0.25, 0.3) is 0 Å². The van der Waals surface area contributed by atoms with Gasteiger partial charge < -0.3 is 5.32 Å². The molecule has 2 aliphatic rings. The summed E-state index contributed by atoms with van der Waals surface area (Å²) in [5, 5.41) is 2.89. The molecule has 1 saturated carbocycles. The lowest BCUT2D eigenvalue weighted by atomic mass is 10.00. The number of Topliss-reactive ketones (excluding diaryl/α,β-unsaturated/α-hetero) is 1. The van der Waals surface area contributed by atoms with E-state index in [-0.39, 0.29) is 18.0 Å². The second kappa shape index (κ2) is 5.63. The smallest absolute Gasteiger partial charge is 0.237 e. The molecule has 4 nitrogen and oxygen atoms in total. The van der Waals surface area contributed by atoms with Crippen LogP contribution in [-0.2, 0) is 9.59 Å². The molecular weight excluding hydrogens is 216 g/mol. The fourth-order valence-corrected chi connectivity index (χ4v) is 3.02. The Hall–Kier alpha value is -0.900. The Bertz CT molecular complexity index is 304. The topological polar surface area (TPSA) is 49.4 Å². The number of hydrogen-bond acceptors (Lipinski definition) is 3. The van der Waals surface area contributed by atoms with Crippen LogP contribution in [0.2, 0.25) is 0 Å². The van der Waals surface area contributed by atoms with E-state index in [1.54, 1.807) is 0 Å². The predicted octanol–water partition coefficient (Wildman–Crippen LogP) is 1.10. The molecule has 1 amide bonds. The molecule has 1 N–H and O–H groups in total. The lowest BCUT2D eigenvalue weighted by molar-refractivity contribution is -0.134. The van der Waals surface area contributed by atoms with E-state index in [2.05, 4.69) is 10.2 Å². The first-order valence-electron chi connectivity index (χ1n) is 6.80. The summed E-state index contributed by atoms with van der Waals surface area (Å²) in [6.07, 6.45) is 5.70. The van der Waals surface area contributed by atoms with E-state index in [1.165, 1.54) is 0 Å². The van der Waals surface area contributed by atoms with Crippen LogP contribution in [0.4, 0.5) is 0 Å². The molecule has 1 aliphatic heterocycles. The number of rotatable bonds is 2. The van der Waals surface area contributed by atoms with Crippen molar-refractivity contribution < 1.29 is 9.59 Å². The minimum atomic E-state index is -0.101. The van der Waals surface area contributed by atoms with Gasteiger partial charge in [0, 0.05) is 19.5 Å². The number of piperazine rings is 1. The summed E-state index contributed by atoms with van der Waals surface area (Å²) in [7, 11) is 0. The average Bonchev–Trinajstić information content (AvgIpc) is 2.53. The maximum Gasteiger partial charge on any atom is 0.237 e. The fraction of sp³-hybridized carbons (Fsp3) is 0.846. The molecule has 4 heteroatoms. The van der Waals surface area contributed by atoms with Crippen LogP contribution in [-0.4, -0.2) is 41.8 Å². The largest absolute Gasteiger partial charge is 0.353 e. The SMILES string of the molecule is CCC1C(=O)NCCN1C1CCCCCC1=O. The number of ketones is 1. The zero-order chi connectivity index (χ0) is 12.3. The first-order chi connectivity index (χ1) is 8.24. The van der Waals surface area contributed by atoms with E-state index in [9.17, 15) is 9.59 Å². The molecular formula is C13H22N2O2. The molecule has 1 heterocycles. The van der Waals surface area contributed by atoms with Gasteiger partial charge in [-0.25, -0.2) is 0 Å². The van der Waals surface area contributed by atoms with Crippen molar-refractivity contribution in [3.8, 4) is 0 Å². The normalized spacial score (nSPS) is 32.1. The Morgan fingerprint density at radius 1 is 1.29 bits per heavy atom. The molecule has 2 unspecified atom stereocenters. The van der Waals surface area contributed by atoms with Gasteiger partial charge in [-0.05, 0) is 19.3 Å². The molecule has 0 bridgehead atoms. The maximum atomic E-state index is 12.1. The van der Waals surface area contributed by atoms with E-state index < -0.39 is 0 Å². The third-order valence-corrected chi connectivity index (χ3v) is 3.93. The van der Waals surface area contributed by atoms with Gasteiger partial charge in [0.15, 0.2) is 0 Å². The third kappa shape index (κ3) is 2.68. The van der Waals surface area contributed by atoms with Gasteiger partial charge in [-0.2, -0.15) is 0 Å². The molecule has 0 aromatic heterocycles. The first kappa shape index (κ1) is 12.6. The molecule has 17 heavy (non-hydrogen) atoms. The number of nitrogens with one attached hydrogen (secondary N) is 1. The van der Waals surface area contributed by atoms with Gasteiger partial charge in [0.25, 0.3) is 0 Å². The van der Waals surface area contributed by atoms with Crippen LogP contribution in [0, 0.1) is 0 Å². The predicted molar refractivity (Wildman–Crippen MR) is 65.7 cm³/mol. The molecule has 0 radical (unpaired) electrons. The van der Waals surface area contributed by atoms with Crippen LogP contribution < -0.4 is 5.32 Å². The lowest BCUT2D eigenvalue weighted by Gasteiger charge is -2.39. The van der Waals surface area contributed by atoms with Crippen molar-refractivity contribution in [2.75, 3.05) is 13.1 Å². The van der Waals surface area contributed by atoms with E-state index >= 15 is 0 Å². The highest BCUT2D eigenvalue weighted by molar-refractivity contribution is 5.87. The number of amides is 1. The highest BCUT2D eigenvalue weighted by Gasteiger charge is 2.36. The van der Waals surface area contributed by atoms with Crippen LogP contribution in [0.15, 0.2) is 0 Å². The molecule has 0 spiro atoms. The average molecular weight is 238 g/mol. The second-order valence-corrected chi connectivity index (χ2v) is 5.03. The summed E-state index contributed by atoms with van der Waals surface area (Å²) in [5.74, 6) is 0.437.